The SMILES string of the molecule is CC(=O)OSSOC(=O)Cn1c(O)ccc1O. The molecule has 94 valence electrons. The van der Waals surface area contributed by atoms with Crippen molar-refractivity contribution in [2.75, 3.05) is 0 Å². The molecule has 17 heavy (non-hydrogen) atoms. The molecule has 0 aliphatic rings. The second-order valence-electron chi connectivity index (χ2n) is 2.80. The van der Waals surface area contributed by atoms with Gasteiger partial charge in [-0.15, -0.1) is 0 Å². The molecule has 0 radical (unpaired) electrons. The molecule has 0 aliphatic heterocycles. The van der Waals surface area contributed by atoms with E-state index in [1.54, 1.807) is 0 Å². The Kier molecular flexibility index (Phi) is 5.04. The van der Waals surface area contributed by atoms with Gasteiger partial charge < -0.3 is 18.6 Å². The van der Waals surface area contributed by atoms with Crippen molar-refractivity contribution in [3.8, 4) is 11.8 Å². The van der Waals surface area contributed by atoms with Crippen molar-refractivity contribution < 1.29 is 28.2 Å². The molecule has 0 aromatic carbocycles. The maximum Gasteiger partial charge on any atom is 0.339 e. The summed E-state index contributed by atoms with van der Waals surface area (Å²) in [6.07, 6.45) is 0. The number of aromatic nitrogens is 1. The van der Waals surface area contributed by atoms with E-state index < -0.39 is 11.9 Å². The normalized spacial score (nSPS) is 9.94. The number of carbonyl (C=O) groups is 2. The molecule has 7 nitrogen and oxygen atoms in total. The van der Waals surface area contributed by atoms with Crippen molar-refractivity contribution in [2.45, 2.75) is 13.5 Å². The van der Waals surface area contributed by atoms with Gasteiger partial charge in [0.15, 0.2) is 33.9 Å². The highest BCUT2D eigenvalue weighted by Crippen LogP contribution is 2.25. The van der Waals surface area contributed by atoms with Crippen molar-refractivity contribution in [2.24, 2.45) is 0 Å². The minimum atomic E-state index is -0.712. The Morgan fingerprint density at radius 1 is 1.24 bits per heavy atom. The highest BCUT2D eigenvalue weighted by atomic mass is 33.1. The van der Waals surface area contributed by atoms with Gasteiger partial charge in [-0.1, -0.05) is 0 Å². The monoisotopic (exact) mass is 279 g/mol. The maximum atomic E-state index is 11.2. The van der Waals surface area contributed by atoms with Gasteiger partial charge in [0.2, 0.25) is 0 Å². The summed E-state index contributed by atoms with van der Waals surface area (Å²) in [6.45, 7) is 0.865. The Morgan fingerprint density at radius 3 is 2.29 bits per heavy atom. The summed E-state index contributed by atoms with van der Waals surface area (Å²) in [5, 5.41) is 18.5. The van der Waals surface area contributed by atoms with E-state index in [1.165, 1.54) is 19.1 Å². The Bertz CT molecular complexity index is 399. The van der Waals surface area contributed by atoms with Crippen LogP contribution in [0.3, 0.4) is 0 Å². The van der Waals surface area contributed by atoms with Crippen LogP contribution in [0.2, 0.25) is 0 Å². The molecule has 2 N–H and O–H groups in total. The van der Waals surface area contributed by atoms with Crippen molar-refractivity contribution >= 4 is 34.1 Å². The topological polar surface area (TPSA) is 98.0 Å². The highest BCUT2D eigenvalue weighted by Gasteiger charge is 2.12. The molecule has 0 atom stereocenters. The lowest BCUT2D eigenvalue weighted by Gasteiger charge is -2.05. The van der Waals surface area contributed by atoms with Crippen LogP contribution in [0, 0.1) is 0 Å². The lowest BCUT2D eigenvalue weighted by atomic mass is 10.6. The fraction of sp³-hybridized carbons (Fsp3) is 0.250. The zero-order valence-electron chi connectivity index (χ0n) is 8.65. The van der Waals surface area contributed by atoms with Gasteiger partial charge in [0.1, 0.15) is 6.54 Å². The second-order valence-corrected chi connectivity index (χ2v) is 4.22. The molecule has 0 spiro atoms. The van der Waals surface area contributed by atoms with Gasteiger partial charge in [0, 0.05) is 19.1 Å². The first-order valence-corrected chi connectivity index (χ1v) is 6.29. The number of nitrogens with zero attached hydrogens (tertiary/aromatic N) is 1. The van der Waals surface area contributed by atoms with Crippen LogP contribution < -0.4 is 0 Å². The molecule has 0 amide bonds. The lowest BCUT2D eigenvalue weighted by molar-refractivity contribution is -0.134. The Morgan fingerprint density at radius 2 is 1.76 bits per heavy atom. The average Bonchev–Trinajstić information content (AvgIpc) is 2.56. The largest absolute Gasteiger partial charge is 0.494 e. The molecular weight excluding hydrogens is 270 g/mol. The number of hydrogen-bond acceptors (Lipinski definition) is 8. The predicted octanol–water partition coefficient (Wildman–Crippen LogP) is 1.22. The molecular formula is C8H9NO6S2. The van der Waals surface area contributed by atoms with Gasteiger partial charge in [0.25, 0.3) is 0 Å². The predicted molar refractivity (Wildman–Crippen MR) is 60.8 cm³/mol. The minimum absolute atomic E-state index is 0.253. The third kappa shape index (κ3) is 4.49. The standard InChI is InChI=1S/C8H9NO6S2/c1-5(10)14-16-17-15-8(13)4-9-6(11)2-3-7(9)12/h2-3,11-12H,4H2,1H3. The van der Waals surface area contributed by atoms with Crippen LogP contribution in [0.15, 0.2) is 12.1 Å². The second kappa shape index (κ2) is 6.30. The van der Waals surface area contributed by atoms with Crippen LogP contribution in [-0.2, 0) is 24.5 Å². The van der Waals surface area contributed by atoms with Gasteiger partial charge >= 0.3 is 11.9 Å². The fourth-order valence-corrected chi connectivity index (χ4v) is 1.84. The number of hydrogen-bond donors (Lipinski definition) is 2. The minimum Gasteiger partial charge on any atom is -0.494 e. The van der Waals surface area contributed by atoms with Crippen LogP contribution in [0.25, 0.3) is 0 Å². The van der Waals surface area contributed by atoms with E-state index in [-0.39, 0.29) is 18.3 Å². The van der Waals surface area contributed by atoms with Crippen LogP contribution in [0.5, 0.6) is 11.8 Å². The van der Waals surface area contributed by atoms with E-state index in [0.29, 0.717) is 22.1 Å². The van der Waals surface area contributed by atoms with Gasteiger partial charge in [-0.3, -0.25) is 9.36 Å². The summed E-state index contributed by atoms with van der Waals surface area (Å²) in [5.41, 5.74) is 0. The van der Waals surface area contributed by atoms with Gasteiger partial charge in [-0.2, -0.15) is 0 Å². The Labute approximate surface area is 105 Å². The van der Waals surface area contributed by atoms with Crippen LogP contribution in [0.1, 0.15) is 6.92 Å². The molecule has 0 unspecified atom stereocenters. The average molecular weight is 279 g/mol. The van der Waals surface area contributed by atoms with E-state index in [1.807, 2.05) is 0 Å². The van der Waals surface area contributed by atoms with Crippen LogP contribution in [-0.4, -0.2) is 26.7 Å². The molecule has 9 heteroatoms. The molecule has 0 saturated carbocycles. The van der Waals surface area contributed by atoms with Gasteiger partial charge in [0.05, 0.1) is 0 Å². The third-order valence-corrected chi connectivity index (χ3v) is 2.72. The number of carbonyl (C=O) groups excluding carboxylic acids is 2. The summed E-state index contributed by atoms with van der Waals surface area (Å²) in [6, 6.07) is 2.48. The summed E-state index contributed by atoms with van der Waals surface area (Å²) in [5.74, 6) is -1.73. The first-order valence-electron chi connectivity index (χ1n) is 4.29. The van der Waals surface area contributed by atoms with Gasteiger partial charge in [-0.25, -0.2) is 4.79 Å². The molecule has 1 rings (SSSR count). The number of rotatable bonds is 5. The molecule has 0 saturated heterocycles. The lowest BCUT2D eigenvalue weighted by Crippen LogP contribution is -2.09. The maximum absolute atomic E-state index is 11.2. The van der Waals surface area contributed by atoms with E-state index in [0.717, 1.165) is 4.57 Å². The van der Waals surface area contributed by atoms with Crippen LogP contribution >= 0.6 is 22.1 Å². The summed E-state index contributed by atoms with van der Waals surface area (Å²) in [7, 11) is 0. The van der Waals surface area contributed by atoms with Crippen molar-refractivity contribution in [3.05, 3.63) is 12.1 Å². The Balaban J connectivity index is 2.33. The molecule has 1 aromatic rings. The van der Waals surface area contributed by atoms with E-state index in [2.05, 4.69) is 8.37 Å². The first kappa shape index (κ1) is 13.6. The zero-order chi connectivity index (χ0) is 12.8. The summed E-state index contributed by atoms with van der Waals surface area (Å²) < 4.78 is 9.99. The smallest absolute Gasteiger partial charge is 0.339 e. The van der Waals surface area contributed by atoms with E-state index >= 15 is 0 Å². The molecule has 0 fully saturated rings. The molecule has 0 bridgehead atoms. The first-order chi connectivity index (χ1) is 8.00. The molecule has 1 aromatic heterocycles. The van der Waals surface area contributed by atoms with Crippen LogP contribution in [0.4, 0.5) is 0 Å². The quantitative estimate of drug-likeness (QED) is 0.471. The van der Waals surface area contributed by atoms with Crippen molar-refractivity contribution in [1.82, 2.24) is 4.57 Å². The molecule has 1 heterocycles. The van der Waals surface area contributed by atoms with E-state index in [4.69, 9.17) is 0 Å². The third-order valence-electron chi connectivity index (χ3n) is 1.53. The fourth-order valence-electron chi connectivity index (χ4n) is 0.877. The zero-order valence-corrected chi connectivity index (χ0v) is 10.3. The number of aromatic hydroxyl groups is 2. The van der Waals surface area contributed by atoms with Crippen molar-refractivity contribution in [3.63, 3.8) is 0 Å². The molecule has 0 aliphatic carbocycles. The summed E-state index contributed by atoms with van der Waals surface area (Å²) in [4.78, 5) is 21.6. The van der Waals surface area contributed by atoms with Gasteiger partial charge in [-0.05, 0) is 0 Å². The Hall–Kier alpha value is -1.48. The van der Waals surface area contributed by atoms with Crippen molar-refractivity contribution in [1.29, 1.82) is 0 Å². The van der Waals surface area contributed by atoms with E-state index in [9.17, 15) is 19.8 Å². The summed E-state index contributed by atoms with van der Waals surface area (Å²) >= 11 is 1.17. The highest BCUT2D eigenvalue weighted by molar-refractivity contribution is 8.73.